The number of aryl methyl sites for hydroxylation is 1. The van der Waals surface area contributed by atoms with Gasteiger partial charge in [0.25, 0.3) is 0 Å². The van der Waals surface area contributed by atoms with E-state index in [1.807, 2.05) is 25.1 Å². The molecule has 2 aromatic rings. The zero-order valence-corrected chi connectivity index (χ0v) is 12.1. The number of rotatable bonds is 3. The summed E-state index contributed by atoms with van der Waals surface area (Å²) in [5.41, 5.74) is 2.98. The van der Waals surface area contributed by atoms with Crippen LogP contribution >= 0.6 is 27.5 Å². The molecule has 2 rings (SSSR count). The van der Waals surface area contributed by atoms with Crippen LogP contribution in [0.5, 0.6) is 0 Å². The summed E-state index contributed by atoms with van der Waals surface area (Å²) in [6.07, 6.45) is 0. The molecule has 0 radical (unpaired) electrons. The van der Waals surface area contributed by atoms with Gasteiger partial charge in [-0.1, -0.05) is 23.7 Å². The van der Waals surface area contributed by atoms with Gasteiger partial charge >= 0.3 is 0 Å². The standard InChI is InChI=1S/C14H12BrClFN/c1-9-2-5-14(12(16)6-9)18-8-10-3-4-13(17)11(15)7-10/h2-7,18H,8H2,1H3. The molecule has 0 spiro atoms. The lowest BCUT2D eigenvalue weighted by Gasteiger charge is -2.09. The van der Waals surface area contributed by atoms with Crippen molar-refractivity contribution in [3.63, 3.8) is 0 Å². The van der Waals surface area contributed by atoms with E-state index in [2.05, 4.69) is 21.2 Å². The molecule has 0 saturated carbocycles. The first-order chi connectivity index (χ1) is 8.56. The highest BCUT2D eigenvalue weighted by Gasteiger charge is 2.02. The Labute approximate surface area is 119 Å². The highest BCUT2D eigenvalue weighted by molar-refractivity contribution is 9.10. The van der Waals surface area contributed by atoms with Crippen molar-refractivity contribution in [3.05, 3.63) is 62.8 Å². The summed E-state index contributed by atoms with van der Waals surface area (Å²) < 4.78 is 13.6. The minimum atomic E-state index is -0.257. The zero-order chi connectivity index (χ0) is 13.1. The van der Waals surface area contributed by atoms with Crippen molar-refractivity contribution in [2.75, 3.05) is 5.32 Å². The molecule has 0 amide bonds. The Bertz CT molecular complexity index is 572. The Morgan fingerprint density at radius 3 is 2.67 bits per heavy atom. The van der Waals surface area contributed by atoms with Gasteiger partial charge in [0.05, 0.1) is 15.2 Å². The highest BCUT2D eigenvalue weighted by Crippen LogP contribution is 2.24. The summed E-state index contributed by atoms with van der Waals surface area (Å²) >= 11 is 9.29. The predicted octanol–water partition coefficient (Wildman–Crippen LogP) is 5.16. The Kier molecular flexibility index (Phi) is 4.25. The molecule has 94 valence electrons. The molecule has 0 aliphatic heterocycles. The monoisotopic (exact) mass is 327 g/mol. The van der Waals surface area contributed by atoms with Gasteiger partial charge in [0.2, 0.25) is 0 Å². The topological polar surface area (TPSA) is 12.0 Å². The molecule has 4 heteroatoms. The number of hydrogen-bond donors (Lipinski definition) is 1. The minimum Gasteiger partial charge on any atom is -0.380 e. The van der Waals surface area contributed by atoms with Gasteiger partial charge in [-0.2, -0.15) is 0 Å². The number of hydrogen-bond acceptors (Lipinski definition) is 1. The van der Waals surface area contributed by atoms with Gasteiger partial charge in [-0.05, 0) is 58.2 Å². The van der Waals surface area contributed by atoms with Gasteiger partial charge in [-0.25, -0.2) is 4.39 Å². The summed E-state index contributed by atoms with van der Waals surface area (Å²) in [5, 5.41) is 3.92. The molecule has 0 aliphatic rings. The zero-order valence-electron chi connectivity index (χ0n) is 9.81. The van der Waals surface area contributed by atoms with Crippen molar-refractivity contribution in [1.29, 1.82) is 0 Å². The summed E-state index contributed by atoms with van der Waals surface area (Å²) in [6, 6.07) is 10.8. The molecule has 0 saturated heterocycles. The van der Waals surface area contributed by atoms with E-state index in [1.54, 1.807) is 12.1 Å². The normalized spacial score (nSPS) is 10.4. The lowest BCUT2D eigenvalue weighted by molar-refractivity contribution is 0.620. The average molecular weight is 329 g/mol. The Morgan fingerprint density at radius 2 is 2.00 bits per heavy atom. The second kappa shape index (κ2) is 5.72. The summed E-state index contributed by atoms with van der Waals surface area (Å²) in [4.78, 5) is 0. The molecule has 0 unspecified atom stereocenters. The van der Waals surface area contributed by atoms with Crippen molar-refractivity contribution in [1.82, 2.24) is 0 Å². The maximum atomic E-state index is 13.1. The van der Waals surface area contributed by atoms with Gasteiger partial charge in [-0.3, -0.25) is 0 Å². The fraction of sp³-hybridized carbons (Fsp3) is 0.143. The van der Waals surface area contributed by atoms with Crippen LogP contribution in [0.1, 0.15) is 11.1 Å². The number of benzene rings is 2. The van der Waals surface area contributed by atoms with Gasteiger partial charge in [0.1, 0.15) is 5.82 Å². The second-order valence-electron chi connectivity index (χ2n) is 4.09. The minimum absolute atomic E-state index is 0.257. The van der Waals surface area contributed by atoms with Crippen LogP contribution in [-0.2, 0) is 6.54 Å². The fourth-order valence-electron chi connectivity index (χ4n) is 1.61. The fourth-order valence-corrected chi connectivity index (χ4v) is 2.34. The Balaban J connectivity index is 2.09. The van der Waals surface area contributed by atoms with Crippen LogP contribution < -0.4 is 5.32 Å². The van der Waals surface area contributed by atoms with E-state index in [9.17, 15) is 4.39 Å². The van der Waals surface area contributed by atoms with Crippen molar-refractivity contribution in [2.45, 2.75) is 13.5 Å². The summed E-state index contributed by atoms with van der Waals surface area (Å²) in [6.45, 7) is 2.59. The van der Waals surface area contributed by atoms with Crippen LogP contribution in [-0.4, -0.2) is 0 Å². The van der Waals surface area contributed by atoms with Crippen LogP contribution in [0, 0.1) is 12.7 Å². The molecular weight excluding hydrogens is 317 g/mol. The second-order valence-corrected chi connectivity index (χ2v) is 5.35. The first kappa shape index (κ1) is 13.4. The molecule has 0 fully saturated rings. The van der Waals surface area contributed by atoms with Crippen molar-refractivity contribution in [2.24, 2.45) is 0 Å². The van der Waals surface area contributed by atoms with Gasteiger partial charge in [-0.15, -0.1) is 0 Å². The first-order valence-corrected chi connectivity index (χ1v) is 6.67. The lowest BCUT2D eigenvalue weighted by Crippen LogP contribution is -2.00. The van der Waals surface area contributed by atoms with Crippen LogP contribution in [0.3, 0.4) is 0 Å². The van der Waals surface area contributed by atoms with Gasteiger partial charge in [0, 0.05) is 6.54 Å². The third-order valence-electron chi connectivity index (χ3n) is 2.59. The largest absolute Gasteiger partial charge is 0.380 e. The van der Waals surface area contributed by atoms with Crippen LogP contribution in [0.2, 0.25) is 5.02 Å². The highest BCUT2D eigenvalue weighted by atomic mass is 79.9. The maximum Gasteiger partial charge on any atom is 0.137 e. The molecule has 1 nitrogen and oxygen atoms in total. The average Bonchev–Trinajstić information content (AvgIpc) is 2.32. The molecule has 0 aromatic heterocycles. The molecule has 0 bridgehead atoms. The van der Waals surface area contributed by atoms with E-state index in [0.29, 0.717) is 16.0 Å². The van der Waals surface area contributed by atoms with E-state index in [1.165, 1.54) is 6.07 Å². The maximum absolute atomic E-state index is 13.1. The molecular formula is C14H12BrClFN. The van der Waals surface area contributed by atoms with E-state index >= 15 is 0 Å². The van der Waals surface area contributed by atoms with Crippen LogP contribution in [0.4, 0.5) is 10.1 Å². The van der Waals surface area contributed by atoms with E-state index in [4.69, 9.17) is 11.6 Å². The van der Waals surface area contributed by atoms with E-state index in [-0.39, 0.29) is 5.82 Å². The number of nitrogens with one attached hydrogen (secondary N) is 1. The van der Waals surface area contributed by atoms with Crippen molar-refractivity contribution < 1.29 is 4.39 Å². The Morgan fingerprint density at radius 1 is 1.22 bits per heavy atom. The quantitative estimate of drug-likeness (QED) is 0.820. The summed E-state index contributed by atoms with van der Waals surface area (Å²) in [7, 11) is 0. The molecule has 1 N–H and O–H groups in total. The Hall–Kier alpha value is -1.06. The first-order valence-electron chi connectivity index (χ1n) is 5.50. The molecule has 2 aromatic carbocycles. The predicted molar refractivity (Wildman–Crippen MR) is 77.6 cm³/mol. The third kappa shape index (κ3) is 3.24. The van der Waals surface area contributed by atoms with Crippen LogP contribution in [0.15, 0.2) is 40.9 Å². The molecule has 0 heterocycles. The number of halogens is 3. The molecule has 18 heavy (non-hydrogen) atoms. The van der Waals surface area contributed by atoms with Crippen molar-refractivity contribution >= 4 is 33.2 Å². The van der Waals surface area contributed by atoms with E-state index in [0.717, 1.165) is 16.8 Å². The van der Waals surface area contributed by atoms with Gasteiger partial charge in [0.15, 0.2) is 0 Å². The number of anilines is 1. The third-order valence-corrected chi connectivity index (χ3v) is 3.51. The van der Waals surface area contributed by atoms with Crippen molar-refractivity contribution in [3.8, 4) is 0 Å². The SMILES string of the molecule is Cc1ccc(NCc2ccc(F)c(Br)c2)c(Cl)c1. The molecule has 0 atom stereocenters. The smallest absolute Gasteiger partial charge is 0.137 e. The molecule has 0 aliphatic carbocycles. The summed E-state index contributed by atoms with van der Waals surface area (Å²) in [5.74, 6) is -0.257. The lowest BCUT2D eigenvalue weighted by atomic mass is 10.2. The van der Waals surface area contributed by atoms with Crippen LogP contribution in [0.25, 0.3) is 0 Å². The van der Waals surface area contributed by atoms with Gasteiger partial charge < -0.3 is 5.32 Å². The van der Waals surface area contributed by atoms with E-state index < -0.39 is 0 Å².